The molecule has 5 nitrogen and oxygen atoms in total. The van der Waals surface area contributed by atoms with E-state index in [1.54, 1.807) is 6.07 Å². The normalized spacial score (nSPS) is 11.7. The topological polar surface area (TPSA) is 85.3 Å². The lowest BCUT2D eigenvalue weighted by Crippen LogP contribution is -2.13. The lowest BCUT2D eigenvalue weighted by Gasteiger charge is -2.03. The van der Waals surface area contributed by atoms with Gasteiger partial charge in [-0.3, -0.25) is 0 Å². The van der Waals surface area contributed by atoms with E-state index < -0.39 is 10.0 Å². The lowest BCUT2D eigenvalue weighted by atomic mass is 10.2. The van der Waals surface area contributed by atoms with Gasteiger partial charge in [-0.25, -0.2) is 13.6 Å². The fourth-order valence-electron chi connectivity index (χ4n) is 1.58. The molecule has 1 aromatic heterocycles. The Hall–Kier alpha value is -1.15. The summed E-state index contributed by atoms with van der Waals surface area (Å²) in [6, 6.07) is 10.8. The molecule has 102 valence electrons. The van der Waals surface area contributed by atoms with Crippen LogP contribution in [0.5, 0.6) is 0 Å². The maximum absolute atomic E-state index is 11.0. The van der Waals surface area contributed by atoms with E-state index in [0.717, 1.165) is 10.0 Å². The van der Waals surface area contributed by atoms with E-state index in [1.165, 1.54) is 6.07 Å². The quantitative estimate of drug-likeness (QED) is 0.868. The Labute approximate surface area is 120 Å². The van der Waals surface area contributed by atoms with Crippen LogP contribution in [0.1, 0.15) is 11.3 Å². The molecule has 0 aliphatic rings. The zero-order valence-corrected chi connectivity index (χ0v) is 12.4. The van der Waals surface area contributed by atoms with Crippen LogP contribution in [0.25, 0.3) is 0 Å². The smallest absolute Gasteiger partial charge is 0.271 e. The largest absolute Gasteiger partial charge is 0.447 e. The van der Waals surface area contributed by atoms with Crippen molar-refractivity contribution < 1.29 is 12.8 Å². The first-order valence-corrected chi connectivity index (χ1v) is 7.86. The summed E-state index contributed by atoms with van der Waals surface area (Å²) in [5.41, 5.74) is 1.12. The Morgan fingerprint density at radius 1 is 1.21 bits per heavy atom. The fourth-order valence-corrected chi connectivity index (χ4v) is 2.51. The Balaban J connectivity index is 1.91. The monoisotopic (exact) mass is 344 g/mol. The molecule has 0 radical (unpaired) electrons. The zero-order valence-electron chi connectivity index (χ0n) is 9.97. The zero-order chi connectivity index (χ0) is 13.9. The average molecular weight is 345 g/mol. The van der Waals surface area contributed by atoms with E-state index in [2.05, 4.69) is 21.2 Å². The standard InChI is InChI=1S/C12H13BrN2O3S/c13-10-3-1-2-9(6-10)7-15-8-11-4-5-12(18-11)19(14,16)17/h1-6,15H,7-8H2,(H2,14,16,17). The number of sulfonamides is 1. The van der Waals surface area contributed by atoms with Gasteiger partial charge in [0.25, 0.3) is 10.0 Å². The Morgan fingerprint density at radius 2 is 2.00 bits per heavy atom. The molecule has 2 aromatic rings. The van der Waals surface area contributed by atoms with Crippen LogP contribution in [0.15, 0.2) is 50.4 Å². The number of primary sulfonamides is 1. The summed E-state index contributed by atoms with van der Waals surface area (Å²) in [6.07, 6.45) is 0. The van der Waals surface area contributed by atoms with Gasteiger partial charge in [0, 0.05) is 11.0 Å². The van der Waals surface area contributed by atoms with Gasteiger partial charge in [-0.1, -0.05) is 28.1 Å². The van der Waals surface area contributed by atoms with Gasteiger partial charge in [-0.2, -0.15) is 0 Å². The third-order valence-corrected chi connectivity index (χ3v) is 3.71. The molecule has 0 saturated carbocycles. The van der Waals surface area contributed by atoms with E-state index in [-0.39, 0.29) is 5.09 Å². The summed E-state index contributed by atoms with van der Waals surface area (Å²) < 4.78 is 28.2. The van der Waals surface area contributed by atoms with Gasteiger partial charge in [-0.05, 0) is 29.8 Å². The SMILES string of the molecule is NS(=O)(=O)c1ccc(CNCc2cccc(Br)c2)o1. The first-order valence-electron chi connectivity index (χ1n) is 5.52. The highest BCUT2D eigenvalue weighted by molar-refractivity contribution is 9.10. The molecule has 0 aliphatic carbocycles. The van der Waals surface area contributed by atoms with Crippen LogP contribution in [0.3, 0.4) is 0 Å². The lowest BCUT2D eigenvalue weighted by molar-refractivity contribution is 0.402. The van der Waals surface area contributed by atoms with Gasteiger partial charge < -0.3 is 9.73 Å². The molecule has 0 fully saturated rings. The summed E-state index contributed by atoms with van der Waals surface area (Å²) in [5.74, 6) is 0.527. The molecule has 1 heterocycles. The molecule has 0 bridgehead atoms. The Kier molecular flexibility index (Phi) is 4.41. The van der Waals surface area contributed by atoms with Crippen LogP contribution in [0, 0.1) is 0 Å². The van der Waals surface area contributed by atoms with Crippen LogP contribution in [0.2, 0.25) is 0 Å². The van der Waals surface area contributed by atoms with Crippen LogP contribution >= 0.6 is 15.9 Å². The molecule has 3 N–H and O–H groups in total. The van der Waals surface area contributed by atoms with Crippen molar-refractivity contribution in [2.24, 2.45) is 5.14 Å². The summed E-state index contributed by atoms with van der Waals surface area (Å²) >= 11 is 3.40. The maximum atomic E-state index is 11.0. The molecule has 0 unspecified atom stereocenters. The molecule has 1 aromatic carbocycles. The van der Waals surface area contributed by atoms with E-state index in [4.69, 9.17) is 9.56 Å². The number of nitrogens with one attached hydrogen (secondary N) is 1. The number of hydrogen-bond donors (Lipinski definition) is 2. The second-order valence-corrected chi connectivity index (χ2v) is 6.41. The van der Waals surface area contributed by atoms with Crippen molar-refractivity contribution in [2.45, 2.75) is 18.2 Å². The second kappa shape index (κ2) is 5.87. The summed E-state index contributed by atoms with van der Waals surface area (Å²) in [6.45, 7) is 1.09. The molecule has 7 heteroatoms. The Bertz CT molecular complexity index is 667. The van der Waals surface area contributed by atoms with Crippen molar-refractivity contribution >= 4 is 26.0 Å². The van der Waals surface area contributed by atoms with Crippen LogP contribution in [0.4, 0.5) is 0 Å². The maximum Gasteiger partial charge on any atom is 0.271 e. The minimum atomic E-state index is -3.77. The van der Waals surface area contributed by atoms with E-state index in [1.807, 2.05) is 24.3 Å². The Morgan fingerprint density at radius 3 is 2.63 bits per heavy atom. The number of furan rings is 1. The average Bonchev–Trinajstić information content (AvgIpc) is 2.77. The highest BCUT2D eigenvalue weighted by atomic mass is 79.9. The van der Waals surface area contributed by atoms with E-state index >= 15 is 0 Å². The van der Waals surface area contributed by atoms with Gasteiger partial charge >= 0.3 is 0 Å². The van der Waals surface area contributed by atoms with Gasteiger partial charge in [0.1, 0.15) is 5.76 Å². The van der Waals surface area contributed by atoms with E-state index in [0.29, 0.717) is 18.8 Å². The highest BCUT2D eigenvalue weighted by Crippen LogP contribution is 2.13. The van der Waals surface area contributed by atoms with Crippen molar-refractivity contribution in [2.75, 3.05) is 0 Å². The van der Waals surface area contributed by atoms with Crippen LogP contribution < -0.4 is 10.5 Å². The van der Waals surface area contributed by atoms with Gasteiger partial charge in [0.05, 0.1) is 6.54 Å². The molecular formula is C12H13BrN2O3S. The molecule has 2 rings (SSSR count). The molecule has 19 heavy (non-hydrogen) atoms. The molecule has 0 saturated heterocycles. The first-order chi connectivity index (χ1) is 8.95. The number of nitrogens with two attached hydrogens (primary N) is 1. The molecule has 0 amide bonds. The number of benzene rings is 1. The number of halogens is 1. The van der Waals surface area contributed by atoms with Gasteiger partial charge in [0.15, 0.2) is 0 Å². The van der Waals surface area contributed by atoms with E-state index in [9.17, 15) is 8.42 Å². The van der Waals surface area contributed by atoms with Crippen molar-refractivity contribution in [1.29, 1.82) is 0 Å². The minimum Gasteiger partial charge on any atom is -0.447 e. The highest BCUT2D eigenvalue weighted by Gasteiger charge is 2.12. The van der Waals surface area contributed by atoms with Crippen molar-refractivity contribution in [1.82, 2.24) is 5.32 Å². The van der Waals surface area contributed by atoms with Crippen molar-refractivity contribution in [3.63, 3.8) is 0 Å². The third kappa shape index (κ3) is 4.17. The summed E-state index contributed by atoms with van der Waals surface area (Å²) in [5, 5.41) is 7.90. The molecular weight excluding hydrogens is 332 g/mol. The van der Waals surface area contributed by atoms with Gasteiger partial charge in [0.2, 0.25) is 5.09 Å². The second-order valence-electron chi connectivity index (χ2n) is 4.00. The number of hydrogen-bond acceptors (Lipinski definition) is 4. The predicted molar refractivity (Wildman–Crippen MR) is 74.8 cm³/mol. The van der Waals surface area contributed by atoms with Crippen molar-refractivity contribution in [3.8, 4) is 0 Å². The predicted octanol–water partition coefficient (Wildman–Crippen LogP) is 1.98. The van der Waals surface area contributed by atoms with Crippen LogP contribution in [-0.4, -0.2) is 8.42 Å². The first kappa shape index (κ1) is 14.3. The third-order valence-electron chi connectivity index (χ3n) is 2.43. The minimum absolute atomic E-state index is 0.216. The molecule has 0 atom stereocenters. The van der Waals surface area contributed by atoms with Crippen LogP contribution in [-0.2, 0) is 23.1 Å². The molecule has 0 aliphatic heterocycles. The number of rotatable bonds is 5. The van der Waals surface area contributed by atoms with Gasteiger partial charge in [-0.15, -0.1) is 0 Å². The molecule has 0 spiro atoms. The van der Waals surface area contributed by atoms with Crippen molar-refractivity contribution in [3.05, 3.63) is 52.2 Å². The fraction of sp³-hybridized carbons (Fsp3) is 0.167. The summed E-state index contributed by atoms with van der Waals surface area (Å²) in [4.78, 5) is 0. The summed E-state index contributed by atoms with van der Waals surface area (Å²) in [7, 11) is -3.77.